The Labute approximate surface area is 130 Å². The molecule has 1 heterocycles. The smallest absolute Gasteiger partial charge is 0.239 e. The van der Waals surface area contributed by atoms with E-state index in [0.717, 1.165) is 11.3 Å². The molecule has 8 heteroatoms. The minimum Gasteiger partial charge on any atom is -0.361 e. The number of amides is 2. The molecule has 0 aromatic carbocycles. The van der Waals surface area contributed by atoms with Gasteiger partial charge in [-0.1, -0.05) is 19.0 Å². The Morgan fingerprint density at radius 3 is 2.38 bits per heavy atom. The fraction of sp³-hybridized carbons (Fsp3) is 0.615. The highest BCUT2D eigenvalue weighted by Crippen LogP contribution is 2.11. The molecular weight excluding hydrogens is 296 g/mol. The number of nitrogens with zero attached hydrogens (tertiary/aromatic N) is 1. The lowest BCUT2D eigenvalue weighted by atomic mass is 10.1. The first-order chi connectivity index (χ1) is 9.32. The van der Waals surface area contributed by atoms with E-state index in [0.29, 0.717) is 12.3 Å². The predicted octanol–water partition coefficient (Wildman–Crippen LogP) is 0.429. The Balaban J connectivity index is 0.00000400. The third-order valence-corrected chi connectivity index (χ3v) is 3.09. The molecule has 0 aliphatic rings. The maximum atomic E-state index is 11.6. The largest absolute Gasteiger partial charge is 0.361 e. The lowest BCUT2D eigenvalue weighted by Crippen LogP contribution is -2.47. The van der Waals surface area contributed by atoms with Gasteiger partial charge in [0, 0.05) is 12.1 Å². The molecule has 1 aromatic rings. The first kappa shape index (κ1) is 19.4. The lowest BCUT2D eigenvalue weighted by Gasteiger charge is -2.15. The number of carbonyl (C=O) groups excluding carboxylic acids is 2. The predicted molar refractivity (Wildman–Crippen MR) is 80.9 cm³/mol. The maximum absolute atomic E-state index is 11.6. The van der Waals surface area contributed by atoms with Gasteiger partial charge in [0.25, 0.3) is 0 Å². The summed E-state index contributed by atoms with van der Waals surface area (Å²) < 4.78 is 5.00. The van der Waals surface area contributed by atoms with Crippen molar-refractivity contribution in [3.05, 3.63) is 17.0 Å². The zero-order valence-corrected chi connectivity index (χ0v) is 13.5. The first-order valence-corrected chi connectivity index (χ1v) is 6.54. The van der Waals surface area contributed by atoms with Gasteiger partial charge in [0.2, 0.25) is 11.8 Å². The van der Waals surface area contributed by atoms with Crippen LogP contribution in [0.3, 0.4) is 0 Å². The number of hydrogen-bond donors (Lipinski definition) is 3. The molecule has 0 radical (unpaired) electrons. The van der Waals surface area contributed by atoms with Gasteiger partial charge in [0.05, 0.1) is 18.3 Å². The van der Waals surface area contributed by atoms with Crippen molar-refractivity contribution < 1.29 is 14.1 Å². The van der Waals surface area contributed by atoms with E-state index < -0.39 is 6.04 Å². The normalized spacial score (nSPS) is 11.7. The van der Waals surface area contributed by atoms with Crippen LogP contribution in [0.25, 0.3) is 0 Å². The van der Waals surface area contributed by atoms with Crippen LogP contribution in [0.2, 0.25) is 0 Å². The number of carbonyl (C=O) groups is 2. The highest BCUT2D eigenvalue weighted by atomic mass is 35.5. The molecule has 4 N–H and O–H groups in total. The average molecular weight is 319 g/mol. The monoisotopic (exact) mass is 318 g/mol. The van der Waals surface area contributed by atoms with E-state index in [2.05, 4.69) is 15.8 Å². The molecule has 120 valence electrons. The molecule has 0 unspecified atom stereocenters. The quantitative estimate of drug-likeness (QED) is 0.704. The molecule has 7 nitrogen and oxygen atoms in total. The van der Waals surface area contributed by atoms with Crippen molar-refractivity contribution in [3.8, 4) is 0 Å². The Kier molecular flexibility index (Phi) is 7.98. The second-order valence-corrected chi connectivity index (χ2v) is 5.07. The van der Waals surface area contributed by atoms with Gasteiger partial charge < -0.3 is 20.9 Å². The number of nitrogens with two attached hydrogens (primary N) is 1. The fourth-order valence-corrected chi connectivity index (χ4v) is 1.59. The SMILES string of the molecule is Cc1noc(C)c1CNC(=O)CNC(=O)[C@@H](N)C(C)C.Cl. The van der Waals surface area contributed by atoms with E-state index >= 15 is 0 Å². The third-order valence-electron chi connectivity index (χ3n) is 3.09. The summed E-state index contributed by atoms with van der Waals surface area (Å²) in [4.78, 5) is 23.2. The van der Waals surface area contributed by atoms with E-state index in [-0.39, 0.29) is 36.7 Å². The van der Waals surface area contributed by atoms with E-state index in [1.165, 1.54) is 0 Å². The van der Waals surface area contributed by atoms with Gasteiger partial charge in [-0.2, -0.15) is 0 Å². The van der Waals surface area contributed by atoms with Crippen molar-refractivity contribution in [2.75, 3.05) is 6.54 Å². The van der Waals surface area contributed by atoms with Crippen molar-refractivity contribution in [2.45, 2.75) is 40.3 Å². The molecule has 1 rings (SSSR count). The van der Waals surface area contributed by atoms with E-state index in [1.54, 1.807) is 13.8 Å². The van der Waals surface area contributed by atoms with Crippen LogP contribution in [0.4, 0.5) is 0 Å². The number of nitrogens with one attached hydrogen (secondary N) is 2. The standard InChI is InChI=1S/C13H22N4O3.ClH/c1-7(2)12(14)13(19)16-6-11(18)15-5-10-8(3)17-20-9(10)4;/h7,12H,5-6,14H2,1-4H3,(H,15,18)(H,16,19);1H/t12-;/m0./s1. The molecule has 0 fully saturated rings. The molecule has 21 heavy (non-hydrogen) atoms. The number of halogens is 1. The summed E-state index contributed by atoms with van der Waals surface area (Å²) >= 11 is 0. The van der Waals surface area contributed by atoms with Gasteiger partial charge >= 0.3 is 0 Å². The number of aromatic nitrogens is 1. The van der Waals surface area contributed by atoms with Crippen molar-refractivity contribution in [1.82, 2.24) is 15.8 Å². The van der Waals surface area contributed by atoms with Crippen LogP contribution in [0.15, 0.2) is 4.52 Å². The lowest BCUT2D eigenvalue weighted by molar-refractivity contribution is -0.127. The molecule has 0 bridgehead atoms. The Hall–Kier alpha value is -1.60. The molecule has 0 aliphatic carbocycles. The van der Waals surface area contributed by atoms with Gasteiger partial charge in [-0.15, -0.1) is 12.4 Å². The van der Waals surface area contributed by atoms with Crippen molar-refractivity contribution in [2.24, 2.45) is 11.7 Å². The molecule has 1 atom stereocenters. The van der Waals surface area contributed by atoms with Crippen LogP contribution in [-0.4, -0.2) is 29.6 Å². The zero-order chi connectivity index (χ0) is 15.3. The summed E-state index contributed by atoms with van der Waals surface area (Å²) in [6, 6.07) is -0.606. The van der Waals surface area contributed by atoms with Gasteiger partial charge in [-0.05, 0) is 19.8 Å². The Morgan fingerprint density at radius 1 is 1.29 bits per heavy atom. The second-order valence-electron chi connectivity index (χ2n) is 5.07. The summed E-state index contributed by atoms with van der Waals surface area (Å²) in [5.41, 5.74) is 7.27. The number of hydrogen-bond acceptors (Lipinski definition) is 5. The summed E-state index contributed by atoms with van der Waals surface area (Å²) in [6.45, 7) is 7.52. The molecule has 0 saturated carbocycles. The summed E-state index contributed by atoms with van der Waals surface area (Å²) in [6.07, 6.45) is 0. The highest BCUT2D eigenvalue weighted by Gasteiger charge is 2.17. The molecule has 0 aliphatic heterocycles. The number of rotatable bonds is 6. The van der Waals surface area contributed by atoms with Crippen LogP contribution in [0.5, 0.6) is 0 Å². The van der Waals surface area contributed by atoms with Crippen LogP contribution in [0.1, 0.15) is 30.9 Å². The van der Waals surface area contributed by atoms with Crippen molar-refractivity contribution >= 4 is 24.2 Å². The molecular formula is C13H23ClN4O3. The van der Waals surface area contributed by atoms with Gasteiger partial charge in [0.1, 0.15) is 5.76 Å². The van der Waals surface area contributed by atoms with Crippen LogP contribution >= 0.6 is 12.4 Å². The second kappa shape index (κ2) is 8.63. The van der Waals surface area contributed by atoms with Crippen molar-refractivity contribution in [3.63, 3.8) is 0 Å². The van der Waals surface area contributed by atoms with Crippen molar-refractivity contribution in [1.29, 1.82) is 0 Å². The fourth-order valence-electron chi connectivity index (χ4n) is 1.59. The highest BCUT2D eigenvalue weighted by molar-refractivity contribution is 5.87. The average Bonchev–Trinajstić information content (AvgIpc) is 2.72. The van der Waals surface area contributed by atoms with Gasteiger partial charge in [0.15, 0.2) is 0 Å². The van der Waals surface area contributed by atoms with E-state index in [9.17, 15) is 9.59 Å². The summed E-state index contributed by atoms with van der Waals surface area (Å²) in [5.74, 6) is 0.0934. The molecule has 0 spiro atoms. The molecule has 0 saturated heterocycles. The van der Waals surface area contributed by atoms with Crippen LogP contribution < -0.4 is 16.4 Å². The summed E-state index contributed by atoms with van der Waals surface area (Å²) in [7, 11) is 0. The minimum atomic E-state index is -0.606. The van der Waals surface area contributed by atoms with Crippen LogP contribution in [-0.2, 0) is 16.1 Å². The minimum absolute atomic E-state index is 0. The number of aryl methyl sites for hydroxylation is 2. The van der Waals surface area contributed by atoms with Gasteiger partial charge in [-0.3, -0.25) is 9.59 Å². The Bertz CT molecular complexity index is 468. The molecule has 2 amide bonds. The summed E-state index contributed by atoms with van der Waals surface area (Å²) in [5, 5.41) is 9.00. The maximum Gasteiger partial charge on any atom is 0.239 e. The zero-order valence-electron chi connectivity index (χ0n) is 12.7. The molecule has 1 aromatic heterocycles. The van der Waals surface area contributed by atoms with Gasteiger partial charge in [-0.25, -0.2) is 0 Å². The Morgan fingerprint density at radius 2 is 1.90 bits per heavy atom. The van der Waals surface area contributed by atoms with E-state index in [4.69, 9.17) is 10.3 Å². The topological polar surface area (TPSA) is 110 Å². The van der Waals surface area contributed by atoms with Crippen LogP contribution in [0, 0.1) is 19.8 Å². The first-order valence-electron chi connectivity index (χ1n) is 6.54. The van der Waals surface area contributed by atoms with E-state index in [1.807, 2.05) is 13.8 Å². The third kappa shape index (κ3) is 5.73.